The molecule has 17 heavy (non-hydrogen) atoms. The van der Waals surface area contributed by atoms with Gasteiger partial charge in [-0.25, -0.2) is 4.39 Å². The molecule has 2 aromatic rings. The standard InChI is InChI=1S/C11H7Cl2FN2O/c1-16-10(7(13)5-15-16)11(17)9-6(12)3-2-4-8(9)14/h2-5H,1H3. The fraction of sp³-hybridized carbons (Fsp3) is 0.0909. The summed E-state index contributed by atoms with van der Waals surface area (Å²) in [4.78, 5) is 12.1. The lowest BCUT2D eigenvalue weighted by atomic mass is 10.1. The summed E-state index contributed by atoms with van der Waals surface area (Å²) in [7, 11) is 1.55. The number of carbonyl (C=O) groups excluding carboxylic acids is 1. The lowest BCUT2D eigenvalue weighted by Crippen LogP contribution is -2.11. The Labute approximate surface area is 107 Å². The normalized spacial score (nSPS) is 10.6. The van der Waals surface area contributed by atoms with E-state index in [0.29, 0.717) is 0 Å². The van der Waals surface area contributed by atoms with Crippen LogP contribution in [0.3, 0.4) is 0 Å². The average Bonchev–Trinajstić information content (AvgIpc) is 2.58. The first kappa shape index (κ1) is 12.1. The van der Waals surface area contributed by atoms with Crippen LogP contribution in [0, 0.1) is 5.82 Å². The van der Waals surface area contributed by atoms with Crippen LogP contribution in [0.4, 0.5) is 4.39 Å². The van der Waals surface area contributed by atoms with Crippen molar-refractivity contribution in [2.45, 2.75) is 0 Å². The summed E-state index contributed by atoms with van der Waals surface area (Å²) in [6.45, 7) is 0. The van der Waals surface area contributed by atoms with Crippen molar-refractivity contribution < 1.29 is 9.18 Å². The fourth-order valence-electron chi connectivity index (χ4n) is 1.50. The molecule has 0 aliphatic carbocycles. The van der Waals surface area contributed by atoms with Crippen molar-refractivity contribution >= 4 is 29.0 Å². The van der Waals surface area contributed by atoms with Gasteiger partial charge in [0.15, 0.2) is 0 Å². The predicted octanol–water partition coefficient (Wildman–Crippen LogP) is 3.10. The Kier molecular flexibility index (Phi) is 3.17. The Balaban J connectivity index is 2.59. The summed E-state index contributed by atoms with van der Waals surface area (Å²) >= 11 is 11.6. The van der Waals surface area contributed by atoms with Gasteiger partial charge in [0.1, 0.15) is 11.5 Å². The maximum absolute atomic E-state index is 13.6. The molecule has 0 saturated heterocycles. The summed E-state index contributed by atoms with van der Waals surface area (Å²) in [5.41, 5.74) is -0.0849. The topological polar surface area (TPSA) is 34.9 Å². The molecule has 0 spiro atoms. The van der Waals surface area contributed by atoms with Crippen LogP contribution in [-0.4, -0.2) is 15.6 Å². The Morgan fingerprint density at radius 3 is 2.59 bits per heavy atom. The Bertz CT molecular complexity index is 555. The number of carbonyl (C=O) groups is 1. The third-order valence-corrected chi connectivity index (χ3v) is 2.89. The maximum Gasteiger partial charge on any atom is 0.216 e. The van der Waals surface area contributed by atoms with E-state index in [9.17, 15) is 9.18 Å². The fourth-order valence-corrected chi connectivity index (χ4v) is 2.00. The summed E-state index contributed by atoms with van der Waals surface area (Å²) in [6, 6.07) is 4.05. The molecule has 0 radical (unpaired) electrons. The van der Waals surface area contributed by atoms with E-state index in [0.717, 1.165) is 0 Å². The number of hydrogen-bond acceptors (Lipinski definition) is 2. The summed E-state index contributed by atoms with van der Waals surface area (Å²) in [5, 5.41) is 4.03. The number of benzene rings is 1. The molecule has 0 N–H and O–H groups in total. The molecule has 0 atom stereocenters. The minimum absolute atomic E-state index is 0.0484. The van der Waals surface area contributed by atoms with Crippen molar-refractivity contribution in [2.75, 3.05) is 0 Å². The van der Waals surface area contributed by atoms with Crippen LogP contribution in [0.15, 0.2) is 24.4 Å². The van der Waals surface area contributed by atoms with Crippen LogP contribution in [0.1, 0.15) is 16.1 Å². The highest BCUT2D eigenvalue weighted by Crippen LogP contribution is 2.25. The Morgan fingerprint density at radius 1 is 1.35 bits per heavy atom. The third-order valence-electron chi connectivity index (χ3n) is 2.30. The quantitative estimate of drug-likeness (QED) is 0.788. The first-order chi connectivity index (χ1) is 8.02. The summed E-state index contributed by atoms with van der Waals surface area (Å²) in [5.74, 6) is -1.27. The second-order valence-corrected chi connectivity index (χ2v) is 4.20. The average molecular weight is 273 g/mol. The molecule has 6 heteroatoms. The second-order valence-electron chi connectivity index (χ2n) is 3.39. The lowest BCUT2D eigenvalue weighted by molar-refractivity contribution is 0.102. The molecular weight excluding hydrogens is 266 g/mol. The molecule has 0 fully saturated rings. The molecule has 0 aliphatic rings. The Hall–Kier alpha value is -1.39. The summed E-state index contributed by atoms with van der Waals surface area (Å²) < 4.78 is 14.9. The predicted molar refractivity (Wildman–Crippen MR) is 63.1 cm³/mol. The highest BCUT2D eigenvalue weighted by molar-refractivity contribution is 6.37. The van der Waals surface area contributed by atoms with Crippen LogP contribution < -0.4 is 0 Å². The van der Waals surface area contributed by atoms with Crippen LogP contribution in [0.2, 0.25) is 10.0 Å². The van der Waals surface area contributed by atoms with E-state index in [4.69, 9.17) is 23.2 Å². The van der Waals surface area contributed by atoms with E-state index in [2.05, 4.69) is 5.10 Å². The van der Waals surface area contributed by atoms with Gasteiger partial charge in [-0.05, 0) is 12.1 Å². The smallest absolute Gasteiger partial charge is 0.216 e. The van der Waals surface area contributed by atoms with Gasteiger partial charge in [-0.2, -0.15) is 5.10 Å². The number of halogens is 3. The summed E-state index contributed by atoms with van der Waals surface area (Å²) in [6.07, 6.45) is 1.32. The van der Waals surface area contributed by atoms with E-state index in [1.807, 2.05) is 0 Å². The van der Waals surface area contributed by atoms with Crippen molar-refractivity contribution in [3.05, 3.63) is 51.5 Å². The highest BCUT2D eigenvalue weighted by atomic mass is 35.5. The molecule has 2 rings (SSSR count). The maximum atomic E-state index is 13.6. The van der Waals surface area contributed by atoms with Gasteiger partial charge in [0.05, 0.1) is 21.8 Å². The lowest BCUT2D eigenvalue weighted by Gasteiger charge is -2.05. The first-order valence-electron chi connectivity index (χ1n) is 4.68. The molecule has 0 saturated carbocycles. The molecule has 0 bridgehead atoms. The van der Waals surface area contributed by atoms with Crippen molar-refractivity contribution in [3.8, 4) is 0 Å². The van der Waals surface area contributed by atoms with Gasteiger partial charge >= 0.3 is 0 Å². The van der Waals surface area contributed by atoms with Crippen LogP contribution >= 0.6 is 23.2 Å². The molecule has 88 valence electrons. The molecule has 0 amide bonds. The van der Waals surface area contributed by atoms with Crippen LogP contribution in [-0.2, 0) is 7.05 Å². The van der Waals surface area contributed by atoms with E-state index in [-0.39, 0.29) is 21.3 Å². The molecule has 1 aromatic carbocycles. The van der Waals surface area contributed by atoms with Gasteiger partial charge in [-0.15, -0.1) is 0 Å². The van der Waals surface area contributed by atoms with Gasteiger partial charge in [0.2, 0.25) is 5.78 Å². The minimum Gasteiger partial charge on any atom is -0.287 e. The van der Waals surface area contributed by atoms with Gasteiger partial charge in [-0.3, -0.25) is 9.48 Å². The van der Waals surface area contributed by atoms with Gasteiger partial charge in [0.25, 0.3) is 0 Å². The van der Waals surface area contributed by atoms with E-state index in [1.54, 1.807) is 7.05 Å². The zero-order valence-corrected chi connectivity index (χ0v) is 10.3. The van der Waals surface area contributed by atoms with Crippen molar-refractivity contribution in [1.29, 1.82) is 0 Å². The van der Waals surface area contributed by atoms with Gasteiger partial charge in [0, 0.05) is 7.05 Å². The number of nitrogens with zero attached hydrogens (tertiary/aromatic N) is 2. The van der Waals surface area contributed by atoms with E-state index >= 15 is 0 Å². The molecule has 0 unspecified atom stereocenters. The van der Waals surface area contributed by atoms with Gasteiger partial charge in [-0.1, -0.05) is 29.3 Å². The van der Waals surface area contributed by atoms with E-state index < -0.39 is 11.6 Å². The van der Waals surface area contributed by atoms with Crippen LogP contribution in [0.25, 0.3) is 0 Å². The molecule has 1 aromatic heterocycles. The van der Waals surface area contributed by atoms with Gasteiger partial charge < -0.3 is 0 Å². The third kappa shape index (κ3) is 2.06. The zero-order valence-electron chi connectivity index (χ0n) is 8.75. The monoisotopic (exact) mass is 272 g/mol. The SMILES string of the molecule is Cn1ncc(Cl)c1C(=O)c1c(F)cccc1Cl. The molecular formula is C11H7Cl2FN2O. The highest BCUT2D eigenvalue weighted by Gasteiger charge is 2.22. The number of rotatable bonds is 2. The number of hydrogen-bond donors (Lipinski definition) is 0. The van der Waals surface area contributed by atoms with Crippen molar-refractivity contribution in [1.82, 2.24) is 9.78 Å². The van der Waals surface area contributed by atoms with Crippen LogP contribution in [0.5, 0.6) is 0 Å². The number of aromatic nitrogens is 2. The van der Waals surface area contributed by atoms with Crippen molar-refractivity contribution in [3.63, 3.8) is 0 Å². The Morgan fingerprint density at radius 2 is 2.06 bits per heavy atom. The zero-order chi connectivity index (χ0) is 12.6. The van der Waals surface area contributed by atoms with Crippen molar-refractivity contribution in [2.24, 2.45) is 7.05 Å². The minimum atomic E-state index is -0.681. The molecule has 1 heterocycles. The molecule has 0 aliphatic heterocycles. The van der Waals surface area contributed by atoms with E-state index in [1.165, 1.54) is 29.1 Å². The first-order valence-corrected chi connectivity index (χ1v) is 5.44. The number of aryl methyl sites for hydroxylation is 1. The molecule has 3 nitrogen and oxygen atoms in total. The largest absolute Gasteiger partial charge is 0.287 e. The second kappa shape index (κ2) is 4.47. The number of ketones is 1.